The van der Waals surface area contributed by atoms with E-state index < -0.39 is 23.7 Å². The van der Waals surface area contributed by atoms with E-state index >= 15 is 0 Å². The van der Waals surface area contributed by atoms with E-state index in [1.54, 1.807) is 38.1 Å². The Kier molecular flexibility index (Phi) is 8.90. The summed E-state index contributed by atoms with van der Waals surface area (Å²) in [5.74, 6) is -0.424. The van der Waals surface area contributed by atoms with Crippen LogP contribution < -0.4 is 10.2 Å². The van der Waals surface area contributed by atoms with E-state index in [0.717, 1.165) is 6.07 Å². The van der Waals surface area contributed by atoms with Gasteiger partial charge >= 0.3 is 6.18 Å². The number of ether oxygens (including phenoxy) is 1. The lowest BCUT2D eigenvalue weighted by Crippen LogP contribution is -2.36. The Hall–Kier alpha value is -4.57. The van der Waals surface area contributed by atoms with Crippen molar-refractivity contribution in [2.75, 3.05) is 31.2 Å². The van der Waals surface area contributed by atoms with Gasteiger partial charge in [0.2, 0.25) is 0 Å². The van der Waals surface area contributed by atoms with E-state index in [0.29, 0.717) is 42.4 Å². The Morgan fingerprint density at radius 1 is 1.23 bits per heavy atom. The van der Waals surface area contributed by atoms with Gasteiger partial charge in [-0.05, 0) is 50.6 Å². The number of allylic oxidation sites excluding steroid dienone is 4. The summed E-state index contributed by atoms with van der Waals surface area (Å²) in [5.41, 5.74) is -0.299. The molecule has 13 heteroatoms. The number of carbonyl (C=O) groups is 1. The van der Waals surface area contributed by atoms with E-state index in [-0.39, 0.29) is 29.3 Å². The van der Waals surface area contributed by atoms with E-state index in [2.05, 4.69) is 25.6 Å². The highest BCUT2D eigenvalue weighted by atomic mass is 19.4. The van der Waals surface area contributed by atoms with Gasteiger partial charge in [0, 0.05) is 30.4 Å². The number of anilines is 1. The van der Waals surface area contributed by atoms with Crippen LogP contribution in [0, 0.1) is 17.2 Å². The van der Waals surface area contributed by atoms with Gasteiger partial charge in [-0.15, -0.1) is 10.2 Å². The number of azo groups is 1. The number of pyridine rings is 1. The Labute approximate surface area is 228 Å². The summed E-state index contributed by atoms with van der Waals surface area (Å²) in [7, 11) is 0. The highest BCUT2D eigenvalue weighted by Crippen LogP contribution is 2.35. The van der Waals surface area contributed by atoms with Gasteiger partial charge < -0.3 is 15.0 Å². The van der Waals surface area contributed by atoms with Gasteiger partial charge in [0.05, 0.1) is 30.9 Å². The lowest BCUT2D eigenvalue weighted by Gasteiger charge is -2.27. The number of amides is 1. The zero-order valence-corrected chi connectivity index (χ0v) is 21.9. The van der Waals surface area contributed by atoms with Crippen molar-refractivity contribution >= 4 is 17.5 Å². The maximum absolute atomic E-state index is 14.0. The first-order valence-electron chi connectivity index (χ1n) is 12.5. The summed E-state index contributed by atoms with van der Waals surface area (Å²) in [4.78, 5) is 19.1. The van der Waals surface area contributed by atoms with Crippen LogP contribution in [0.5, 0.6) is 0 Å². The molecule has 1 saturated heterocycles. The van der Waals surface area contributed by atoms with Crippen LogP contribution >= 0.6 is 0 Å². The second kappa shape index (κ2) is 12.5. The van der Waals surface area contributed by atoms with Crippen LogP contribution in [-0.2, 0) is 15.7 Å². The standard InChI is InChI=1S/C27H27F3N8O2/c1-3-5-19(14-18(2)16-31)26(39)33-23-6-4-7-25(35-34-23)38-22(27(28,29)30)15-21(36-38)20-8-9-24(32-17-20)37-10-12-40-13-11-37/h3,5-9,14-15,17-18H,4,10-13H2,1-2H3,(H,33,39)/b5-3-,19-14+. The molecule has 2 aromatic heterocycles. The number of hydrogen-bond donors (Lipinski definition) is 1. The fourth-order valence-corrected chi connectivity index (χ4v) is 3.96. The lowest BCUT2D eigenvalue weighted by atomic mass is 10.1. The smallest absolute Gasteiger partial charge is 0.378 e. The average Bonchev–Trinajstić information content (AvgIpc) is 3.29. The predicted molar refractivity (Wildman–Crippen MR) is 141 cm³/mol. The normalized spacial score (nSPS) is 17.2. The molecule has 1 amide bonds. The molecule has 1 fully saturated rings. The van der Waals surface area contributed by atoms with Crippen molar-refractivity contribution in [3.63, 3.8) is 0 Å². The molecule has 208 valence electrons. The highest BCUT2D eigenvalue weighted by molar-refractivity contribution is 5.97. The molecule has 0 radical (unpaired) electrons. The van der Waals surface area contributed by atoms with Crippen molar-refractivity contribution < 1.29 is 22.7 Å². The van der Waals surface area contributed by atoms with Crippen molar-refractivity contribution in [1.29, 1.82) is 5.26 Å². The number of aromatic nitrogens is 3. The second-order valence-electron chi connectivity index (χ2n) is 8.91. The van der Waals surface area contributed by atoms with Crippen LogP contribution in [0.2, 0.25) is 0 Å². The Morgan fingerprint density at radius 2 is 2.00 bits per heavy atom. The van der Waals surface area contributed by atoms with E-state index in [4.69, 9.17) is 10.00 Å². The molecule has 2 aliphatic heterocycles. The van der Waals surface area contributed by atoms with Crippen molar-refractivity contribution in [3.05, 3.63) is 71.9 Å². The molecule has 1 atom stereocenters. The first-order chi connectivity index (χ1) is 19.2. The summed E-state index contributed by atoms with van der Waals surface area (Å²) >= 11 is 0. The predicted octanol–water partition coefficient (Wildman–Crippen LogP) is 5.07. The zero-order chi connectivity index (χ0) is 28.7. The molecular weight excluding hydrogens is 525 g/mol. The molecule has 1 N–H and O–H groups in total. The number of halogens is 3. The number of alkyl halides is 3. The van der Waals surface area contributed by atoms with Crippen LogP contribution in [0.1, 0.15) is 26.0 Å². The summed E-state index contributed by atoms with van der Waals surface area (Å²) in [5, 5.41) is 23.7. The van der Waals surface area contributed by atoms with Crippen molar-refractivity contribution in [3.8, 4) is 17.3 Å². The molecule has 0 aliphatic carbocycles. The number of hydrogen-bond acceptors (Lipinski definition) is 8. The van der Waals surface area contributed by atoms with Gasteiger partial charge in [0.25, 0.3) is 5.91 Å². The van der Waals surface area contributed by atoms with Crippen LogP contribution in [-0.4, -0.2) is 47.0 Å². The quantitative estimate of drug-likeness (QED) is 0.378. The number of morpholine rings is 1. The Morgan fingerprint density at radius 3 is 2.65 bits per heavy atom. The molecule has 0 saturated carbocycles. The van der Waals surface area contributed by atoms with E-state index in [9.17, 15) is 18.0 Å². The third kappa shape index (κ3) is 6.89. The first kappa shape index (κ1) is 28.4. The fraction of sp³-hybridized carbons (Fsp3) is 0.333. The van der Waals surface area contributed by atoms with E-state index in [1.165, 1.54) is 24.4 Å². The summed E-state index contributed by atoms with van der Waals surface area (Å²) in [6, 6.07) is 6.38. The SMILES string of the molecule is C/C=C\C(=C/C(C)C#N)C(=O)NC1=CCC=C(n2nc(-c3ccc(N4CCOCC4)nc3)cc2C(F)(F)F)N=N1. The van der Waals surface area contributed by atoms with Gasteiger partial charge in [-0.3, -0.25) is 4.79 Å². The number of nitrogens with one attached hydrogen (secondary N) is 1. The summed E-state index contributed by atoms with van der Waals surface area (Å²) in [6.07, 6.45) is 4.54. The minimum absolute atomic E-state index is 0.0557. The molecule has 0 aromatic carbocycles. The van der Waals surface area contributed by atoms with Gasteiger partial charge in [0.15, 0.2) is 17.3 Å². The monoisotopic (exact) mass is 552 g/mol. The lowest BCUT2D eigenvalue weighted by molar-refractivity contribution is -0.142. The van der Waals surface area contributed by atoms with Gasteiger partial charge in [0.1, 0.15) is 5.82 Å². The average molecular weight is 553 g/mol. The van der Waals surface area contributed by atoms with Crippen molar-refractivity contribution in [2.45, 2.75) is 26.4 Å². The third-order valence-electron chi connectivity index (χ3n) is 5.95. The highest BCUT2D eigenvalue weighted by Gasteiger charge is 2.37. The molecule has 2 aromatic rings. The van der Waals surface area contributed by atoms with Crippen molar-refractivity contribution in [1.82, 2.24) is 20.1 Å². The topological polar surface area (TPSA) is 121 Å². The summed E-state index contributed by atoms with van der Waals surface area (Å²) in [6.45, 7) is 5.90. The second-order valence-corrected chi connectivity index (χ2v) is 8.91. The molecular formula is C27H27F3N8O2. The first-order valence-corrected chi connectivity index (χ1v) is 12.5. The molecule has 0 spiro atoms. The van der Waals surface area contributed by atoms with Crippen LogP contribution in [0.3, 0.4) is 0 Å². The molecule has 4 heterocycles. The molecule has 1 unspecified atom stereocenters. The number of nitrogens with zero attached hydrogens (tertiary/aromatic N) is 7. The number of rotatable bonds is 7. The molecule has 40 heavy (non-hydrogen) atoms. The van der Waals surface area contributed by atoms with Crippen LogP contribution in [0.4, 0.5) is 19.0 Å². The minimum Gasteiger partial charge on any atom is -0.378 e. The summed E-state index contributed by atoms with van der Waals surface area (Å²) < 4.78 is 48.0. The van der Waals surface area contributed by atoms with E-state index in [1.807, 2.05) is 11.0 Å². The van der Waals surface area contributed by atoms with Crippen molar-refractivity contribution in [2.24, 2.45) is 16.1 Å². The van der Waals surface area contributed by atoms with Crippen LogP contribution in [0.25, 0.3) is 17.1 Å². The number of nitriles is 1. The van der Waals surface area contributed by atoms with Gasteiger partial charge in [-0.2, -0.15) is 23.5 Å². The van der Waals surface area contributed by atoms with Gasteiger partial charge in [-0.1, -0.05) is 18.2 Å². The zero-order valence-electron chi connectivity index (χ0n) is 21.9. The Bertz CT molecular complexity index is 1420. The van der Waals surface area contributed by atoms with Crippen LogP contribution in [0.15, 0.2) is 76.4 Å². The molecule has 0 bridgehead atoms. The molecule has 4 rings (SSSR count). The molecule has 2 aliphatic rings. The third-order valence-corrected chi connectivity index (χ3v) is 5.95. The number of carbonyl (C=O) groups excluding carboxylic acids is 1. The Balaban J connectivity index is 1.56. The maximum Gasteiger partial charge on any atom is 0.433 e. The fourth-order valence-electron chi connectivity index (χ4n) is 3.96. The minimum atomic E-state index is -4.72. The largest absolute Gasteiger partial charge is 0.433 e. The van der Waals surface area contributed by atoms with Gasteiger partial charge in [-0.25, -0.2) is 9.67 Å². The maximum atomic E-state index is 14.0. The molecule has 10 nitrogen and oxygen atoms in total.